The molecule has 0 unspecified atom stereocenters. The monoisotopic (exact) mass is 459 g/mol. The number of ether oxygens (including phenoxy) is 8. The molecule has 0 aliphatic heterocycles. The third-order valence-corrected chi connectivity index (χ3v) is 4.59. The lowest BCUT2D eigenvalue weighted by molar-refractivity contribution is 0.0376. The van der Waals surface area contributed by atoms with Crippen LogP contribution >= 0.6 is 0 Å². The van der Waals surface area contributed by atoms with Gasteiger partial charge in [-0.3, -0.25) is 4.90 Å². The van der Waals surface area contributed by atoms with Crippen LogP contribution in [0.3, 0.4) is 0 Å². The first kappa shape index (κ1) is 28.4. The minimum Gasteiger partial charge on any atom is -0.493 e. The summed E-state index contributed by atoms with van der Waals surface area (Å²) in [5.74, 6) is 1.86. The summed E-state index contributed by atoms with van der Waals surface area (Å²) >= 11 is 0. The molecule has 9 nitrogen and oxygen atoms in total. The summed E-state index contributed by atoms with van der Waals surface area (Å²) in [5.41, 5.74) is 0. The number of nitrogens with zero attached hydrogens (tertiary/aromatic N) is 1. The van der Waals surface area contributed by atoms with Gasteiger partial charge in [0.15, 0.2) is 11.5 Å². The van der Waals surface area contributed by atoms with Gasteiger partial charge in [0.25, 0.3) is 0 Å². The Morgan fingerprint density at radius 1 is 0.594 bits per heavy atom. The predicted molar refractivity (Wildman–Crippen MR) is 122 cm³/mol. The van der Waals surface area contributed by atoms with E-state index in [-0.39, 0.29) is 0 Å². The van der Waals surface area contributed by atoms with E-state index in [4.69, 9.17) is 37.9 Å². The zero-order valence-corrected chi connectivity index (χ0v) is 20.1. The van der Waals surface area contributed by atoms with Gasteiger partial charge in [0.1, 0.15) is 6.61 Å². The molecule has 0 radical (unpaired) electrons. The van der Waals surface area contributed by atoms with E-state index in [0.29, 0.717) is 76.7 Å². The summed E-state index contributed by atoms with van der Waals surface area (Å²) in [6, 6.07) is 5.53. The van der Waals surface area contributed by atoms with Crippen molar-refractivity contribution in [2.24, 2.45) is 0 Å². The van der Waals surface area contributed by atoms with Crippen molar-refractivity contribution in [2.75, 3.05) is 108 Å². The van der Waals surface area contributed by atoms with Crippen molar-refractivity contribution in [1.82, 2.24) is 4.90 Å². The Morgan fingerprint density at radius 3 is 1.66 bits per heavy atom. The third-order valence-electron chi connectivity index (χ3n) is 4.59. The lowest BCUT2D eigenvalue weighted by Gasteiger charge is -2.22. The molecule has 1 aromatic carbocycles. The average Bonchev–Trinajstić information content (AvgIpc) is 2.82. The van der Waals surface area contributed by atoms with Crippen LogP contribution in [-0.4, -0.2) is 112 Å². The second-order valence-corrected chi connectivity index (χ2v) is 6.86. The summed E-state index contributed by atoms with van der Waals surface area (Å²) < 4.78 is 43.4. The van der Waals surface area contributed by atoms with Gasteiger partial charge in [-0.1, -0.05) is 6.07 Å². The maximum Gasteiger partial charge on any atom is 0.203 e. The number of methoxy groups -OCH3 is 4. The molecule has 9 heteroatoms. The highest BCUT2D eigenvalue weighted by Crippen LogP contribution is 2.36. The highest BCUT2D eigenvalue weighted by molar-refractivity contribution is 5.51. The van der Waals surface area contributed by atoms with Crippen LogP contribution in [0.15, 0.2) is 18.2 Å². The quantitative estimate of drug-likeness (QED) is 0.242. The molecule has 1 aromatic rings. The van der Waals surface area contributed by atoms with E-state index in [2.05, 4.69) is 4.90 Å². The number of benzene rings is 1. The molecule has 0 aromatic heterocycles. The number of hydrogen-bond donors (Lipinski definition) is 0. The highest BCUT2D eigenvalue weighted by atomic mass is 16.6. The Morgan fingerprint density at radius 2 is 1.12 bits per heavy atom. The predicted octanol–water partition coefficient (Wildman–Crippen LogP) is 2.12. The van der Waals surface area contributed by atoms with Crippen LogP contribution in [0.25, 0.3) is 0 Å². The minimum absolute atomic E-state index is 0.407. The molecule has 0 saturated heterocycles. The summed E-state index contributed by atoms with van der Waals surface area (Å²) in [6.07, 6.45) is 0.943. The molecule has 0 amide bonds. The molecular weight excluding hydrogens is 418 g/mol. The Bertz CT molecular complexity index is 539. The van der Waals surface area contributed by atoms with Crippen molar-refractivity contribution in [1.29, 1.82) is 0 Å². The lowest BCUT2D eigenvalue weighted by atomic mass is 10.3. The molecule has 0 N–H and O–H groups in total. The van der Waals surface area contributed by atoms with Crippen LogP contribution in [0.2, 0.25) is 0 Å². The Kier molecular flexibility index (Phi) is 17.8. The first-order valence-corrected chi connectivity index (χ1v) is 11.0. The van der Waals surface area contributed by atoms with Crippen molar-refractivity contribution >= 4 is 0 Å². The van der Waals surface area contributed by atoms with E-state index in [1.54, 1.807) is 28.4 Å². The topological polar surface area (TPSA) is 77.1 Å². The zero-order valence-electron chi connectivity index (χ0n) is 20.1. The zero-order chi connectivity index (χ0) is 23.3. The molecule has 0 fully saturated rings. The summed E-state index contributed by atoms with van der Waals surface area (Å²) in [4.78, 5) is 2.32. The summed E-state index contributed by atoms with van der Waals surface area (Å²) in [5, 5.41) is 0. The first-order valence-electron chi connectivity index (χ1n) is 11.0. The first-order chi connectivity index (χ1) is 15.8. The van der Waals surface area contributed by atoms with E-state index in [1.807, 2.05) is 18.2 Å². The third kappa shape index (κ3) is 13.0. The standard InChI is InChI=1S/C23H41NO8/c1-25-15-17-29-12-6-9-24(10-13-30-18-16-26-2)11-14-31-19-20-32-23-21(27-3)7-5-8-22(23)28-4/h5,7-8H,6,9-20H2,1-4H3. The maximum absolute atomic E-state index is 5.82. The Labute approximate surface area is 192 Å². The second-order valence-electron chi connectivity index (χ2n) is 6.86. The van der Waals surface area contributed by atoms with E-state index in [1.165, 1.54) is 0 Å². The molecule has 32 heavy (non-hydrogen) atoms. The van der Waals surface area contributed by atoms with E-state index >= 15 is 0 Å². The minimum atomic E-state index is 0.407. The molecule has 0 aliphatic carbocycles. The normalized spacial score (nSPS) is 11.2. The second kappa shape index (κ2) is 20.0. The van der Waals surface area contributed by atoms with Gasteiger partial charge in [0, 0.05) is 40.5 Å². The molecule has 0 spiro atoms. The Balaban J connectivity index is 2.29. The van der Waals surface area contributed by atoms with Crippen LogP contribution < -0.4 is 14.2 Å². The van der Waals surface area contributed by atoms with Crippen molar-refractivity contribution in [2.45, 2.75) is 6.42 Å². The van der Waals surface area contributed by atoms with Crippen LogP contribution in [0.5, 0.6) is 17.2 Å². The molecule has 0 heterocycles. The smallest absolute Gasteiger partial charge is 0.203 e. The molecule has 0 saturated carbocycles. The fraction of sp³-hybridized carbons (Fsp3) is 0.739. The molecular formula is C23H41NO8. The van der Waals surface area contributed by atoms with Crippen molar-refractivity contribution in [3.05, 3.63) is 18.2 Å². The SMILES string of the molecule is COCCOCCCN(CCOCCOC)CCOCCOc1c(OC)cccc1OC. The van der Waals surface area contributed by atoms with Gasteiger partial charge in [0.05, 0.1) is 60.5 Å². The van der Waals surface area contributed by atoms with Gasteiger partial charge in [0.2, 0.25) is 5.75 Å². The molecule has 0 atom stereocenters. The van der Waals surface area contributed by atoms with Gasteiger partial charge in [-0.2, -0.15) is 0 Å². The van der Waals surface area contributed by atoms with Crippen LogP contribution in [0, 0.1) is 0 Å². The maximum atomic E-state index is 5.82. The van der Waals surface area contributed by atoms with Crippen LogP contribution in [-0.2, 0) is 23.7 Å². The molecule has 0 bridgehead atoms. The largest absolute Gasteiger partial charge is 0.493 e. The average molecular weight is 460 g/mol. The van der Waals surface area contributed by atoms with E-state index in [9.17, 15) is 0 Å². The van der Waals surface area contributed by atoms with Gasteiger partial charge in [-0.25, -0.2) is 0 Å². The Hall–Kier alpha value is -1.62. The van der Waals surface area contributed by atoms with Crippen LogP contribution in [0.1, 0.15) is 6.42 Å². The van der Waals surface area contributed by atoms with Gasteiger partial charge < -0.3 is 37.9 Å². The van der Waals surface area contributed by atoms with Crippen molar-refractivity contribution in [3.63, 3.8) is 0 Å². The summed E-state index contributed by atoms with van der Waals surface area (Å²) in [7, 11) is 6.56. The molecule has 1 rings (SSSR count). The van der Waals surface area contributed by atoms with Gasteiger partial charge in [-0.05, 0) is 18.6 Å². The lowest BCUT2D eigenvalue weighted by Crippen LogP contribution is -2.33. The molecule has 0 aliphatic rings. The molecule has 186 valence electrons. The van der Waals surface area contributed by atoms with E-state index < -0.39 is 0 Å². The fourth-order valence-electron chi connectivity index (χ4n) is 2.87. The van der Waals surface area contributed by atoms with Gasteiger partial charge >= 0.3 is 0 Å². The number of rotatable bonds is 22. The number of para-hydroxylation sites is 1. The van der Waals surface area contributed by atoms with E-state index in [0.717, 1.165) is 26.1 Å². The number of hydrogen-bond acceptors (Lipinski definition) is 9. The van der Waals surface area contributed by atoms with Crippen molar-refractivity contribution < 1.29 is 37.9 Å². The van der Waals surface area contributed by atoms with Gasteiger partial charge in [-0.15, -0.1) is 0 Å². The van der Waals surface area contributed by atoms with Crippen molar-refractivity contribution in [3.8, 4) is 17.2 Å². The highest BCUT2D eigenvalue weighted by Gasteiger charge is 2.11. The fourth-order valence-corrected chi connectivity index (χ4v) is 2.87. The van der Waals surface area contributed by atoms with Crippen LogP contribution in [0.4, 0.5) is 0 Å². The summed E-state index contributed by atoms with van der Waals surface area (Å²) in [6.45, 7) is 7.86.